The van der Waals surface area contributed by atoms with Crippen molar-refractivity contribution < 1.29 is 5.11 Å². The first kappa shape index (κ1) is 12.0. The third-order valence-electron chi connectivity index (χ3n) is 3.14. The van der Waals surface area contributed by atoms with Gasteiger partial charge in [-0.1, -0.05) is 12.5 Å². The van der Waals surface area contributed by atoms with E-state index in [0.717, 1.165) is 12.8 Å². The predicted molar refractivity (Wildman–Crippen MR) is 70.1 cm³/mol. The molecule has 0 aromatic heterocycles. The fourth-order valence-electron chi connectivity index (χ4n) is 2.22. The smallest absolute Gasteiger partial charge is 0.0431 e. The van der Waals surface area contributed by atoms with Gasteiger partial charge in [-0.15, -0.1) is 11.8 Å². The standard InChI is InChI=1S/C14H20OS/c15-9-2-1-3-10-16-14-8-7-12-5-4-6-13(12)11-14/h7-8,11,15H,1-6,9-10H2. The maximum Gasteiger partial charge on any atom is 0.0431 e. The summed E-state index contributed by atoms with van der Waals surface area (Å²) in [5.41, 5.74) is 3.13. The molecule has 16 heavy (non-hydrogen) atoms. The molecule has 1 N–H and O–H groups in total. The highest BCUT2D eigenvalue weighted by Gasteiger charge is 2.10. The average molecular weight is 236 g/mol. The Bertz CT molecular complexity index is 336. The lowest BCUT2D eigenvalue weighted by Gasteiger charge is -2.04. The number of benzene rings is 1. The van der Waals surface area contributed by atoms with Crippen molar-refractivity contribution in [3.05, 3.63) is 29.3 Å². The number of hydrogen-bond donors (Lipinski definition) is 1. The van der Waals surface area contributed by atoms with Gasteiger partial charge in [-0.2, -0.15) is 0 Å². The Kier molecular flexibility index (Phi) is 4.73. The third kappa shape index (κ3) is 3.26. The SMILES string of the molecule is OCCCCCSc1ccc2c(c1)CCC2. The van der Waals surface area contributed by atoms with E-state index < -0.39 is 0 Å². The number of rotatable bonds is 6. The van der Waals surface area contributed by atoms with E-state index in [0.29, 0.717) is 6.61 Å². The lowest BCUT2D eigenvalue weighted by Crippen LogP contribution is -1.87. The summed E-state index contributed by atoms with van der Waals surface area (Å²) in [6.45, 7) is 0.337. The number of fused-ring (bicyclic) bond motifs is 1. The number of hydrogen-bond acceptors (Lipinski definition) is 2. The quantitative estimate of drug-likeness (QED) is 0.603. The molecule has 2 rings (SSSR count). The zero-order chi connectivity index (χ0) is 11.2. The Balaban J connectivity index is 1.77. The van der Waals surface area contributed by atoms with E-state index in [4.69, 9.17) is 5.11 Å². The molecule has 88 valence electrons. The lowest BCUT2D eigenvalue weighted by atomic mass is 10.1. The van der Waals surface area contributed by atoms with E-state index in [1.54, 1.807) is 11.1 Å². The van der Waals surface area contributed by atoms with Crippen molar-refractivity contribution in [1.29, 1.82) is 0 Å². The lowest BCUT2D eigenvalue weighted by molar-refractivity contribution is 0.284. The number of aliphatic hydroxyl groups excluding tert-OH is 1. The van der Waals surface area contributed by atoms with Crippen LogP contribution in [-0.2, 0) is 12.8 Å². The molecule has 0 saturated heterocycles. The van der Waals surface area contributed by atoms with Crippen molar-refractivity contribution >= 4 is 11.8 Å². The first-order valence-electron chi connectivity index (χ1n) is 6.25. The third-order valence-corrected chi connectivity index (χ3v) is 4.22. The summed E-state index contributed by atoms with van der Waals surface area (Å²) >= 11 is 1.96. The summed E-state index contributed by atoms with van der Waals surface area (Å²) in [5.74, 6) is 1.18. The Labute approximate surface area is 102 Å². The van der Waals surface area contributed by atoms with Gasteiger partial charge in [-0.05, 0) is 61.1 Å². The molecule has 0 saturated carbocycles. The van der Waals surface area contributed by atoms with Crippen LogP contribution in [0.4, 0.5) is 0 Å². The Hall–Kier alpha value is -0.470. The molecule has 2 heteroatoms. The Morgan fingerprint density at radius 2 is 1.94 bits per heavy atom. The second-order valence-electron chi connectivity index (χ2n) is 4.42. The van der Waals surface area contributed by atoms with Gasteiger partial charge in [-0.3, -0.25) is 0 Å². The van der Waals surface area contributed by atoms with Gasteiger partial charge in [0.2, 0.25) is 0 Å². The normalized spacial score (nSPS) is 14.1. The monoisotopic (exact) mass is 236 g/mol. The molecule has 0 bridgehead atoms. The molecule has 1 aliphatic rings. The molecule has 1 aromatic carbocycles. The molecule has 1 aromatic rings. The van der Waals surface area contributed by atoms with Gasteiger partial charge >= 0.3 is 0 Å². The summed E-state index contributed by atoms with van der Waals surface area (Å²) in [7, 11) is 0. The first-order chi connectivity index (χ1) is 7.90. The van der Waals surface area contributed by atoms with Crippen LogP contribution in [0, 0.1) is 0 Å². The van der Waals surface area contributed by atoms with Crippen LogP contribution in [0.5, 0.6) is 0 Å². The molecule has 0 fully saturated rings. The van der Waals surface area contributed by atoms with Crippen LogP contribution >= 0.6 is 11.8 Å². The van der Waals surface area contributed by atoms with Crippen LogP contribution in [0.1, 0.15) is 36.8 Å². The van der Waals surface area contributed by atoms with Crippen LogP contribution in [0.15, 0.2) is 23.1 Å². The average Bonchev–Trinajstić information content (AvgIpc) is 2.76. The van der Waals surface area contributed by atoms with Gasteiger partial charge in [0.05, 0.1) is 0 Å². The zero-order valence-corrected chi connectivity index (χ0v) is 10.6. The van der Waals surface area contributed by atoms with Gasteiger partial charge in [0.15, 0.2) is 0 Å². The van der Waals surface area contributed by atoms with Crippen LogP contribution in [0.2, 0.25) is 0 Å². The van der Waals surface area contributed by atoms with Crippen LogP contribution < -0.4 is 0 Å². The van der Waals surface area contributed by atoms with Gasteiger partial charge in [0.1, 0.15) is 0 Å². The molecule has 0 radical (unpaired) electrons. The van der Waals surface area contributed by atoms with E-state index in [2.05, 4.69) is 18.2 Å². The maximum absolute atomic E-state index is 8.68. The van der Waals surface area contributed by atoms with Crippen molar-refractivity contribution in [1.82, 2.24) is 0 Å². The van der Waals surface area contributed by atoms with Crippen LogP contribution in [-0.4, -0.2) is 17.5 Å². The molecule has 1 aliphatic carbocycles. The molecule has 0 unspecified atom stereocenters. The van der Waals surface area contributed by atoms with Crippen molar-refractivity contribution in [2.75, 3.05) is 12.4 Å². The molecule has 0 heterocycles. The molecular formula is C14H20OS. The zero-order valence-electron chi connectivity index (χ0n) is 9.74. The van der Waals surface area contributed by atoms with Crippen molar-refractivity contribution in [2.24, 2.45) is 0 Å². The highest BCUT2D eigenvalue weighted by molar-refractivity contribution is 7.99. The molecule has 1 nitrogen and oxygen atoms in total. The summed E-state index contributed by atoms with van der Waals surface area (Å²) in [6, 6.07) is 6.94. The van der Waals surface area contributed by atoms with Gasteiger partial charge in [-0.25, -0.2) is 0 Å². The van der Waals surface area contributed by atoms with E-state index in [9.17, 15) is 0 Å². The highest BCUT2D eigenvalue weighted by atomic mass is 32.2. The summed E-state index contributed by atoms with van der Waals surface area (Å²) < 4.78 is 0. The van der Waals surface area contributed by atoms with Crippen molar-refractivity contribution in [2.45, 2.75) is 43.4 Å². The van der Waals surface area contributed by atoms with E-state index in [-0.39, 0.29) is 0 Å². The summed E-state index contributed by atoms with van der Waals surface area (Å²) in [6.07, 6.45) is 7.19. The number of thioether (sulfide) groups is 1. The predicted octanol–water partition coefficient (Wildman–Crippen LogP) is 3.43. The Morgan fingerprint density at radius 1 is 1.06 bits per heavy atom. The van der Waals surface area contributed by atoms with Gasteiger partial charge < -0.3 is 5.11 Å². The van der Waals surface area contributed by atoms with Gasteiger partial charge in [0.25, 0.3) is 0 Å². The minimum atomic E-state index is 0.337. The summed E-state index contributed by atoms with van der Waals surface area (Å²) in [4.78, 5) is 1.42. The van der Waals surface area contributed by atoms with E-state index in [1.165, 1.54) is 36.3 Å². The fourth-order valence-corrected chi connectivity index (χ4v) is 3.19. The second-order valence-corrected chi connectivity index (χ2v) is 5.59. The summed E-state index contributed by atoms with van der Waals surface area (Å²) in [5, 5.41) is 8.68. The second kappa shape index (κ2) is 6.31. The topological polar surface area (TPSA) is 20.2 Å². The fraction of sp³-hybridized carbons (Fsp3) is 0.571. The molecule has 0 amide bonds. The molecular weight excluding hydrogens is 216 g/mol. The van der Waals surface area contributed by atoms with Crippen LogP contribution in [0.25, 0.3) is 0 Å². The van der Waals surface area contributed by atoms with Crippen LogP contribution in [0.3, 0.4) is 0 Å². The van der Waals surface area contributed by atoms with Crippen molar-refractivity contribution in [3.8, 4) is 0 Å². The van der Waals surface area contributed by atoms with E-state index >= 15 is 0 Å². The Morgan fingerprint density at radius 3 is 2.81 bits per heavy atom. The first-order valence-corrected chi connectivity index (χ1v) is 7.24. The number of unbranched alkanes of at least 4 members (excludes halogenated alkanes) is 2. The minimum Gasteiger partial charge on any atom is -0.396 e. The molecule has 0 aliphatic heterocycles. The van der Waals surface area contributed by atoms with E-state index in [1.807, 2.05) is 11.8 Å². The maximum atomic E-state index is 8.68. The number of aliphatic hydroxyl groups is 1. The van der Waals surface area contributed by atoms with Crippen molar-refractivity contribution in [3.63, 3.8) is 0 Å². The minimum absolute atomic E-state index is 0.337. The van der Waals surface area contributed by atoms with Gasteiger partial charge in [0, 0.05) is 11.5 Å². The highest BCUT2D eigenvalue weighted by Crippen LogP contribution is 2.27. The largest absolute Gasteiger partial charge is 0.396 e. The molecule has 0 spiro atoms. The molecule has 0 atom stereocenters. The number of aryl methyl sites for hydroxylation is 2.